The molecular weight excluding hydrogens is 262 g/mol. The zero-order chi connectivity index (χ0) is 12.6. The van der Waals surface area contributed by atoms with Crippen molar-refractivity contribution in [2.24, 2.45) is 0 Å². The number of nitrogens with two attached hydrogens (primary N) is 1. The summed E-state index contributed by atoms with van der Waals surface area (Å²) < 4.78 is 5.11. The maximum Gasteiger partial charge on any atom is 0.192 e. The number of ether oxygens (including phenoxy) is 1. The van der Waals surface area contributed by atoms with E-state index in [9.17, 15) is 5.11 Å². The number of rotatable bonds is 3. The maximum atomic E-state index is 9.79. The van der Waals surface area contributed by atoms with Crippen LogP contribution in [0.5, 0.6) is 0 Å². The van der Waals surface area contributed by atoms with Crippen molar-refractivity contribution in [3.63, 3.8) is 0 Å². The van der Waals surface area contributed by atoms with Gasteiger partial charge in [-0.05, 0) is 13.8 Å². The van der Waals surface area contributed by atoms with E-state index in [4.69, 9.17) is 22.1 Å². The number of hydrogen-bond donors (Lipinski definition) is 2. The highest BCUT2D eigenvalue weighted by molar-refractivity contribution is 7.19. The predicted molar refractivity (Wildman–Crippen MR) is 68.2 cm³/mol. The second-order valence-corrected chi connectivity index (χ2v) is 4.87. The predicted octanol–water partition coefficient (Wildman–Crippen LogP) is 2.26. The molecule has 5 nitrogen and oxygen atoms in total. The molecule has 92 valence electrons. The lowest BCUT2D eigenvalue weighted by Gasteiger charge is -2.08. The number of aryl methyl sites for hydroxylation is 1. The summed E-state index contributed by atoms with van der Waals surface area (Å²) in [7, 11) is 0. The summed E-state index contributed by atoms with van der Waals surface area (Å²) in [6.45, 7) is 4.02. The largest absolute Gasteiger partial charge is 0.397 e. The summed E-state index contributed by atoms with van der Waals surface area (Å²) in [5.41, 5.74) is 7.21. The number of anilines is 1. The molecule has 0 fully saturated rings. The van der Waals surface area contributed by atoms with Gasteiger partial charge in [-0.1, -0.05) is 11.6 Å². The van der Waals surface area contributed by atoms with Crippen LogP contribution < -0.4 is 5.73 Å². The van der Waals surface area contributed by atoms with E-state index in [1.54, 1.807) is 6.92 Å². The molecule has 0 amide bonds. The summed E-state index contributed by atoms with van der Waals surface area (Å²) >= 11 is 7.15. The molecule has 2 aromatic heterocycles. The van der Waals surface area contributed by atoms with Crippen molar-refractivity contribution in [2.45, 2.75) is 20.1 Å². The third-order valence-corrected chi connectivity index (χ3v) is 3.90. The molecule has 3 N–H and O–H groups in total. The van der Waals surface area contributed by atoms with Gasteiger partial charge >= 0.3 is 0 Å². The van der Waals surface area contributed by atoms with Crippen LogP contribution in [-0.2, 0) is 4.74 Å². The summed E-state index contributed by atoms with van der Waals surface area (Å²) in [4.78, 5) is 1.19. The average molecular weight is 274 g/mol. The topological polar surface area (TPSA) is 81.3 Å². The molecule has 1 unspecified atom stereocenters. The smallest absolute Gasteiger partial charge is 0.192 e. The van der Waals surface area contributed by atoms with E-state index in [1.807, 2.05) is 6.92 Å². The number of nitrogen functional groups attached to an aromatic ring is 1. The molecular formula is C10H12ClN3O2S. The lowest BCUT2D eigenvalue weighted by atomic mass is 10.2. The summed E-state index contributed by atoms with van der Waals surface area (Å²) in [6.07, 6.45) is -1.03. The van der Waals surface area contributed by atoms with Gasteiger partial charge in [0.25, 0.3) is 0 Å². The van der Waals surface area contributed by atoms with Crippen LogP contribution in [0.25, 0.3) is 10.2 Å². The van der Waals surface area contributed by atoms with Gasteiger partial charge in [0.05, 0.1) is 10.6 Å². The molecule has 0 aromatic carbocycles. The van der Waals surface area contributed by atoms with Gasteiger partial charge in [-0.2, -0.15) is 0 Å². The average Bonchev–Trinajstić information content (AvgIpc) is 2.62. The Morgan fingerprint density at radius 3 is 2.88 bits per heavy atom. The van der Waals surface area contributed by atoms with Gasteiger partial charge in [-0.15, -0.1) is 21.5 Å². The summed E-state index contributed by atoms with van der Waals surface area (Å²) in [5, 5.41) is 18.6. The lowest BCUT2D eigenvalue weighted by molar-refractivity contribution is -0.0950. The Bertz CT molecular complexity index is 558. The zero-order valence-corrected chi connectivity index (χ0v) is 11.0. The Morgan fingerprint density at radius 1 is 1.53 bits per heavy atom. The molecule has 0 aliphatic carbocycles. The number of thiophene rings is 1. The highest BCUT2D eigenvalue weighted by atomic mass is 35.5. The van der Waals surface area contributed by atoms with Crippen LogP contribution in [0, 0.1) is 6.92 Å². The van der Waals surface area contributed by atoms with Gasteiger partial charge in [0.1, 0.15) is 4.83 Å². The van der Waals surface area contributed by atoms with Crippen LogP contribution in [0.1, 0.15) is 23.7 Å². The van der Waals surface area contributed by atoms with Gasteiger partial charge in [0, 0.05) is 17.6 Å². The molecule has 0 saturated heterocycles. The molecule has 0 aliphatic heterocycles. The fraction of sp³-hybridized carbons (Fsp3) is 0.400. The minimum absolute atomic E-state index is 0.319. The highest BCUT2D eigenvalue weighted by Crippen LogP contribution is 2.39. The fourth-order valence-electron chi connectivity index (χ4n) is 1.57. The third-order valence-electron chi connectivity index (χ3n) is 2.42. The van der Waals surface area contributed by atoms with Crippen molar-refractivity contribution >= 4 is 38.8 Å². The quantitative estimate of drug-likeness (QED) is 0.839. The van der Waals surface area contributed by atoms with E-state index in [1.165, 1.54) is 11.3 Å². The van der Waals surface area contributed by atoms with E-state index in [0.717, 1.165) is 10.9 Å². The second-order valence-electron chi connectivity index (χ2n) is 3.48. The van der Waals surface area contributed by atoms with Gasteiger partial charge in [0.2, 0.25) is 0 Å². The minimum Gasteiger partial charge on any atom is -0.397 e. The molecule has 0 spiro atoms. The number of nitrogens with zero attached hydrogens (tertiary/aromatic N) is 2. The van der Waals surface area contributed by atoms with E-state index in [-0.39, 0.29) is 0 Å². The summed E-state index contributed by atoms with van der Waals surface area (Å²) in [5.74, 6) is 0. The Labute approximate surface area is 107 Å². The standard InChI is InChI=1S/C10H12ClN3O2S/c1-3-16-10(15)7-6(12)5-4(2)8(11)13-14-9(5)17-7/h10,15H,3,12H2,1-2H3. The first kappa shape index (κ1) is 12.5. The molecule has 7 heteroatoms. The monoisotopic (exact) mass is 273 g/mol. The molecule has 2 heterocycles. The minimum atomic E-state index is -1.03. The Kier molecular flexibility index (Phi) is 3.48. The van der Waals surface area contributed by atoms with Crippen molar-refractivity contribution in [3.05, 3.63) is 15.6 Å². The number of halogens is 1. The number of fused-ring (bicyclic) bond motifs is 1. The van der Waals surface area contributed by atoms with Gasteiger partial charge in [-0.3, -0.25) is 0 Å². The normalized spacial score (nSPS) is 13.2. The maximum absolute atomic E-state index is 9.79. The number of aromatic nitrogens is 2. The molecule has 2 rings (SSSR count). The van der Waals surface area contributed by atoms with Crippen molar-refractivity contribution in [1.29, 1.82) is 0 Å². The summed E-state index contributed by atoms with van der Waals surface area (Å²) in [6, 6.07) is 0. The second kappa shape index (κ2) is 4.73. The fourth-order valence-corrected chi connectivity index (χ4v) is 2.73. The van der Waals surface area contributed by atoms with Crippen LogP contribution in [0.2, 0.25) is 5.15 Å². The van der Waals surface area contributed by atoms with Crippen molar-refractivity contribution in [2.75, 3.05) is 12.3 Å². The molecule has 0 radical (unpaired) electrons. The Morgan fingerprint density at radius 2 is 2.24 bits per heavy atom. The number of hydrogen-bond acceptors (Lipinski definition) is 6. The molecule has 2 aromatic rings. The van der Waals surface area contributed by atoms with Crippen LogP contribution in [0.15, 0.2) is 0 Å². The number of aliphatic hydroxyl groups is 1. The molecule has 0 aliphatic rings. The van der Waals surface area contributed by atoms with E-state index in [0.29, 0.717) is 27.2 Å². The molecule has 0 bridgehead atoms. The lowest BCUT2D eigenvalue weighted by Crippen LogP contribution is -2.03. The third kappa shape index (κ3) is 2.09. The Balaban J connectivity index is 2.61. The first-order valence-corrected chi connectivity index (χ1v) is 6.26. The van der Waals surface area contributed by atoms with Gasteiger partial charge in [0.15, 0.2) is 11.4 Å². The molecule has 17 heavy (non-hydrogen) atoms. The van der Waals surface area contributed by atoms with Crippen LogP contribution in [-0.4, -0.2) is 21.9 Å². The highest BCUT2D eigenvalue weighted by Gasteiger charge is 2.20. The van der Waals surface area contributed by atoms with Crippen molar-refractivity contribution in [1.82, 2.24) is 10.2 Å². The zero-order valence-electron chi connectivity index (χ0n) is 9.40. The van der Waals surface area contributed by atoms with Gasteiger partial charge in [-0.25, -0.2) is 0 Å². The van der Waals surface area contributed by atoms with Crippen molar-refractivity contribution < 1.29 is 9.84 Å². The Hall–Kier alpha value is -0.950. The van der Waals surface area contributed by atoms with E-state index < -0.39 is 6.29 Å². The molecule has 1 atom stereocenters. The van der Waals surface area contributed by atoms with Crippen LogP contribution >= 0.6 is 22.9 Å². The van der Waals surface area contributed by atoms with E-state index in [2.05, 4.69) is 10.2 Å². The number of aliphatic hydroxyl groups excluding tert-OH is 1. The van der Waals surface area contributed by atoms with Crippen LogP contribution in [0.4, 0.5) is 5.69 Å². The first-order valence-electron chi connectivity index (χ1n) is 5.06. The molecule has 0 saturated carbocycles. The van der Waals surface area contributed by atoms with Crippen molar-refractivity contribution in [3.8, 4) is 0 Å². The van der Waals surface area contributed by atoms with E-state index >= 15 is 0 Å². The van der Waals surface area contributed by atoms with Gasteiger partial charge < -0.3 is 15.6 Å². The van der Waals surface area contributed by atoms with Crippen LogP contribution in [0.3, 0.4) is 0 Å². The first-order chi connectivity index (χ1) is 8.06. The SMILES string of the molecule is CCOC(O)c1sc2nnc(Cl)c(C)c2c1N.